The minimum Gasteiger partial charge on any atom is -0.313 e. The molecule has 3 rings (SSSR count). The van der Waals surface area contributed by atoms with Crippen molar-refractivity contribution in [1.82, 2.24) is 5.32 Å². The fourth-order valence-electron chi connectivity index (χ4n) is 4.43. The summed E-state index contributed by atoms with van der Waals surface area (Å²) in [6.45, 7) is 3.20. The van der Waals surface area contributed by atoms with Crippen LogP contribution >= 0.6 is 11.6 Å². The van der Waals surface area contributed by atoms with Crippen molar-refractivity contribution in [2.24, 2.45) is 17.8 Å². The van der Waals surface area contributed by atoms with Crippen LogP contribution in [0.2, 0.25) is 5.02 Å². The van der Waals surface area contributed by atoms with E-state index in [4.69, 9.17) is 11.6 Å². The van der Waals surface area contributed by atoms with Crippen LogP contribution in [-0.2, 0) is 6.42 Å². The first-order valence-electron chi connectivity index (χ1n) is 8.35. The van der Waals surface area contributed by atoms with Gasteiger partial charge >= 0.3 is 0 Å². The van der Waals surface area contributed by atoms with Gasteiger partial charge in [-0.05, 0) is 68.0 Å². The maximum Gasteiger partial charge on any atom is 0.145 e. The smallest absolute Gasteiger partial charge is 0.145 e. The van der Waals surface area contributed by atoms with E-state index < -0.39 is 0 Å². The maximum atomic E-state index is 14.2. The summed E-state index contributed by atoms with van der Waals surface area (Å²) in [5, 5.41) is 3.93. The second-order valence-electron chi connectivity index (χ2n) is 6.82. The molecule has 0 aliphatic heterocycles. The average Bonchev–Trinajstić information content (AvgIpc) is 3.10. The van der Waals surface area contributed by atoms with Crippen LogP contribution in [0, 0.1) is 23.6 Å². The molecule has 21 heavy (non-hydrogen) atoms. The fourth-order valence-corrected chi connectivity index (χ4v) is 4.63. The van der Waals surface area contributed by atoms with Crippen molar-refractivity contribution < 1.29 is 4.39 Å². The van der Waals surface area contributed by atoms with Crippen LogP contribution in [-0.4, -0.2) is 12.6 Å². The average molecular weight is 310 g/mol. The molecule has 2 fully saturated rings. The normalized spacial score (nSPS) is 29.0. The van der Waals surface area contributed by atoms with Crippen LogP contribution in [0.5, 0.6) is 0 Å². The molecule has 1 aromatic carbocycles. The highest BCUT2D eigenvalue weighted by molar-refractivity contribution is 6.30. The lowest BCUT2D eigenvalue weighted by Crippen LogP contribution is -2.41. The molecule has 2 aliphatic carbocycles. The third-order valence-electron chi connectivity index (χ3n) is 5.44. The lowest BCUT2D eigenvalue weighted by Gasteiger charge is -2.31. The molecule has 0 heterocycles. The predicted molar refractivity (Wildman–Crippen MR) is 86.1 cm³/mol. The standard InChI is InChI=1S/C18H25ClFN/c1-2-8-21-17(15-10-12-6-7-13(15)9-12)11-14-4-3-5-16(19)18(14)20/h3-5,12-13,15,17,21H,2,6-11H2,1H3. The van der Waals surface area contributed by atoms with Crippen molar-refractivity contribution in [1.29, 1.82) is 0 Å². The largest absolute Gasteiger partial charge is 0.313 e. The summed E-state index contributed by atoms with van der Waals surface area (Å²) in [6.07, 6.45) is 7.39. The summed E-state index contributed by atoms with van der Waals surface area (Å²) in [5.74, 6) is 2.26. The number of hydrogen-bond donors (Lipinski definition) is 1. The Morgan fingerprint density at radius 3 is 2.86 bits per heavy atom. The lowest BCUT2D eigenvalue weighted by molar-refractivity contribution is 0.245. The van der Waals surface area contributed by atoms with E-state index in [0.29, 0.717) is 12.0 Å². The summed E-state index contributed by atoms with van der Waals surface area (Å²) in [4.78, 5) is 0. The quantitative estimate of drug-likeness (QED) is 0.794. The monoisotopic (exact) mass is 309 g/mol. The summed E-state index contributed by atoms with van der Waals surface area (Å²) in [7, 11) is 0. The van der Waals surface area contributed by atoms with Gasteiger partial charge in [0, 0.05) is 6.04 Å². The van der Waals surface area contributed by atoms with Gasteiger partial charge < -0.3 is 5.32 Å². The first kappa shape index (κ1) is 15.3. The minimum absolute atomic E-state index is 0.231. The summed E-state index contributed by atoms with van der Waals surface area (Å²) in [6, 6.07) is 5.77. The Balaban J connectivity index is 1.74. The van der Waals surface area contributed by atoms with Gasteiger partial charge in [0.25, 0.3) is 0 Å². The second kappa shape index (κ2) is 6.66. The molecule has 4 atom stereocenters. The van der Waals surface area contributed by atoms with E-state index in [0.717, 1.165) is 36.8 Å². The first-order valence-corrected chi connectivity index (χ1v) is 8.73. The SMILES string of the molecule is CCCNC(Cc1cccc(Cl)c1F)C1CC2CCC1C2. The van der Waals surface area contributed by atoms with Gasteiger partial charge in [-0.25, -0.2) is 4.39 Å². The van der Waals surface area contributed by atoms with E-state index in [9.17, 15) is 4.39 Å². The van der Waals surface area contributed by atoms with Crippen LogP contribution in [0.1, 0.15) is 44.6 Å². The fraction of sp³-hybridized carbons (Fsp3) is 0.667. The number of benzene rings is 1. The van der Waals surface area contributed by atoms with E-state index in [1.807, 2.05) is 12.1 Å². The molecule has 0 spiro atoms. The number of rotatable bonds is 6. The number of hydrogen-bond acceptors (Lipinski definition) is 1. The molecule has 1 aromatic rings. The van der Waals surface area contributed by atoms with E-state index in [1.54, 1.807) is 6.07 Å². The molecule has 4 unspecified atom stereocenters. The molecule has 1 N–H and O–H groups in total. The molecule has 0 radical (unpaired) electrons. The Bertz CT molecular complexity index is 490. The van der Waals surface area contributed by atoms with E-state index in [2.05, 4.69) is 12.2 Å². The maximum absolute atomic E-state index is 14.2. The Hall–Kier alpha value is -0.600. The molecule has 2 bridgehead atoms. The summed E-state index contributed by atoms with van der Waals surface area (Å²) < 4.78 is 14.2. The molecule has 2 aliphatic rings. The zero-order valence-corrected chi connectivity index (χ0v) is 13.5. The predicted octanol–water partition coefficient (Wildman–Crippen LogP) is 4.83. The van der Waals surface area contributed by atoms with Crippen LogP contribution in [0.3, 0.4) is 0 Å². The molecule has 2 saturated carbocycles. The number of halogens is 2. The van der Waals surface area contributed by atoms with Gasteiger partial charge in [0.05, 0.1) is 5.02 Å². The highest BCUT2D eigenvalue weighted by Gasteiger charge is 2.42. The number of fused-ring (bicyclic) bond motifs is 2. The summed E-state index contributed by atoms with van der Waals surface area (Å²) in [5.41, 5.74) is 0.763. The molecule has 0 saturated heterocycles. The van der Waals surface area contributed by atoms with Gasteiger partial charge in [-0.2, -0.15) is 0 Å². The van der Waals surface area contributed by atoms with Crippen molar-refractivity contribution >= 4 is 11.6 Å². The van der Waals surface area contributed by atoms with Crippen LogP contribution in [0.4, 0.5) is 4.39 Å². The Kier molecular flexibility index (Phi) is 4.85. The molecule has 3 heteroatoms. The van der Waals surface area contributed by atoms with Crippen molar-refractivity contribution in [3.8, 4) is 0 Å². The highest BCUT2D eigenvalue weighted by atomic mass is 35.5. The molecule has 0 amide bonds. The van der Waals surface area contributed by atoms with Gasteiger partial charge in [-0.1, -0.05) is 37.1 Å². The molecule has 0 aromatic heterocycles. The zero-order chi connectivity index (χ0) is 14.8. The third-order valence-corrected chi connectivity index (χ3v) is 5.73. The van der Waals surface area contributed by atoms with Gasteiger partial charge in [0.15, 0.2) is 0 Å². The van der Waals surface area contributed by atoms with E-state index in [1.165, 1.54) is 25.7 Å². The topological polar surface area (TPSA) is 12.0 Å². The minimum atomic E-state index is -0.231. The van der Waals surface area contributed by atoms with E-state index in [-0.39, 0.29) is 10.8 Å². The van der Waals surface area contributed by atoms with Crippen LogP contribution < -0.4 is 5.32 Å². The van der Waals surface area contributed by atoms with Crippen molar-refractivity contribution in [2.45, 2.75) is 51.5 Å². The van der Waals surface area contributed by atoms with E-state index >= 15 is 0 Å². The molecule has 116 valence electrons. The highest BCUT2D eigenvalue weighted by Crippen LogP contribution is 2.50. The van der Waals surface area contributed by atoms with Gasteiger partial charge in [0.2, 0.25) is 0 Å². The van der Waals surface area contributed by atoms with Crippen LogP contribution in [0.25, 0.3) is 0 Å². The third kappa shape index (κ3) is 3.27. The lowest BCUT2D eigenvalue weighted by atomic mass is 9.81. The zero-order valence-electron chi connectivity index (χ0n) is 12.7. The van der Waals surface area contributed by atoms with Gasteiger partial charge in [-0.3, -0.25) is 0 Å². The first-order chi connectivity index (χ1) is 10.2. The van der Waals surface area contributed by atoms with Gasteiger partial charge in [0.1, 0.15) is 5.82 Å². The Morgan fingerprint density at radius 1 is 1.33 bits per heavy atom. The second-order valence-corrected chi connectivity index (χ2v) is 7.22. The molecule has 1 nitrogen and oxygen atoms in total. The molecular weight excluding hydrogens is 285 g/mol. The van der Waals surface area contributed by atoms with Crippen molar-refractivity contribution in [2.75, 3.05) is 6.54 Å². The number of nitrogens with one attached hydrogen (secondary N) is 1. The Labute approximate surface area is 132 Å². The summed E-state index contributed by atoms with van der Waals surface area (Å²) >= 11 is 5.93. The Morgan fingerprint density at radius 2 is 2.19 bits per heavy atom. The van der Waals surface area contributed by atoms with Crippen molar-refractivity contribution in [3.05, 3.63) is 34.6 Å². The van der Waals surface area contributed by atoms with Crippen molar-refractivity contribution in [3.63, 3.8) is 0 Å². The van der Waals surface area contributed by atoms with Crippen LogP contribution in [0.15, 0.2) is 18.2 Å². The molecular formula is C18H25ClFN. The van der Waals surface area contributed by atoms with Gasteiger partial charge in [-0.15, -0.1) is 0 Å².